The summed E-state index contributed by atoms with van der Waals surface area (Å²) in [6.45, 7) is 1.18. The van der Waals surface area contributed by atoms with Gasteiger partial charge in [0.1, 0.15) is 12.0 Å². The van der Waals surface area contributed by atoms with E-state index in [4.69, 9.17) is 10.3 Å². The van der Waals surface area contributed by atoms with Gasteiger partial charge in [-0.3, -0.25) is 0 Å². The molecule has 0 fully saturated rings. The third-order valence-electron chi connectivity index (χ3n) is 4.52. The number of ether oxygens (including phenoxy) is 1. The van der Waals surface area contributed by atoms with E-state index in [9.17, 15) is 8.78 Å². The first-order chi connectivity index (χ1) is 14.9. The zero-order chi connectivity index (χ0) is 22.0. The van der Waals surface area contributed by atoms with Gasteiger partial charge in [-0.05, 0) is 49.7 Å². The fourth-order valence-electron chi connectivity index (χ4n) is 3.05. The Morgan fingerprint density at radius 2 is 1.90 bits per heavy atom. The number of aryl methyl sites for hydroxylation is 2. The summed E-state index contributed by atoms with van der Waals surface area (Å²) in [5.74, 6) is 7.64. The molecule has 0 aliphatic heterocycles. The Balaban J connectivity index is 1.44. The van der Waals surface area contributed by atoms with Gasteiger partial charge >= 0.3 is 6.61 Å². The number of benzene rings is 2. The number of nitrogen functional groups attached to an aromatic ring is 1. The standard InChI is InChI=1S/C21H19F2N5O2S/c1-12-3-8-17(13(2)9-12)19-25-15(10-29-19)11-31-21-27-26-18(28(21)24)14-4-6-16(7-5-14)30-20(22)23/h3-10,20H,11,24H2,1-2H3. The van der Waals surface area contributed by atoms with E-state index in [-0.39, 0.29) is 5.75 Å². The minimum atomic E-state index is -2.88. The van der Waals surface area contributed by atoms with Crippen molar-refractivity contribution >= 4 is 11.8 Å². The molecule has 31 heavy (non-hydrogen) atoms. The summed E-state index contributed by atoms with van der Waals surface area (Å²) in [6, 6.07) is 12.1. The predicted octanol–water partition coefficient (Wildman–Crippen LogP) is 4.82. The van der Waals surface area contributed by atoms with Crippen molar-refractivity contribution in [2.75, 3.05) is 5.84 Å². The van der Waals surface area contributed by atoms with E-state index < -0.39 is 6.61 Å². The van der Waals surface area contributed by atoms with Gasteiger partial charge in [0.05, 0.1) is 5.69 Å². The molecule has 0 unspecified atom stereocenters. The van der Waals surface area contributed by atoms with E-state index >= 15 is 0 Å². The van der Waals surface area contributed by atoms with Crippen LogP contribution in [0.5, 0.6) is 5.75 Å². The summed E-state index contributed by atoms with van der Waals surface area (Å²) in [5.41, 5.74) is 4.60. The number of rotatable bonds is 7. The number of halogens is 2. The molecule has 10 heteroatoms. The lowest BCUT2D eigenvalue weighted by atomic mass is 10.1. The Bertz CT molecular complexity index is 1190. The molecule has 0 spiro atoms. The molecular weight excluding hydrogens is 424 g/mol. The summed E-state index contributed by atoms with van der Waals surface area (Å²) in [4.78, 5) is 4.55. The Hall–Kier alpha value is -3.40. The number of nitrogens with zero attached hydrogens (tertiary/aromatic N) is 4. The van der Waals surface area contributed by atoms with E-state index in [0.29, 0.717) is 28.2 Å². The summed E-state index contributed by atoms with van der Waals surface area (Å²) in [6.07, 6.45) is 1.61. The van der Waals surface area contributed by atoms with Crippen LogP contribution in [0.4, 0.5) is 8.78 Å². The van der Waals surface area contributed by atoms with Gasteiger partial charge in [-0.1, -0.05) is 29.5 Å². The maximum Gasteiger partial charge on any atom is 0.387 e. The van der Waals surface area contributed by atoms with E-state index in [1.807, 2.05) is 26.0 Å². The van der Waals surface area contributed by atoms with Crippen LogP contribution < -0.4 is 10.6 Å². The van der Waals surface area contributed by atoms with Crippen molar-refractivity contribution in [3.05, 3.63) is 65.5 Å². The highest BCUT2D eigenvalue weighted by Crippen LogP contribution is 2.28. The number of thioether (sulfide) groups is 1. The number of nitrogens with two attached hydrogens (primary N) is 1. The zero-order valence-electron chi connectivity index (χ0n) is 16.8. The second kappa shape index (κ2) is 8.76. The first kappa shape index (κ1) is 20.9. The van der Waals surface area contributed by atoms with Crippen LogP contribution in [0.1, 0.15) is 16.8 Å². The Morgan fingerprint density at radius 1 is 1.13 bits per heavy atom. The molecule has 0 bridgehead atoms. The molecule has 0 radical (unpaired) electrons. The monoisotopic (exact) mass is 443 g/mol. The normalized spacial score (nSPS) is 11.3. The van der Waals surface area contributed by atoms with Crippen LogP contribution in [0.15, 0.2) is 58.3 Å². The fraction of sp³-hybridized carbons (Fsp3) is 0.190. The second-order valence-corrected chi connectivity index (χ2v) is 7.77. The molecule has 0 amide bonds. The molecule has 0 aliphatic carbocycles. The lowest BCUT2D eigenvalue weighted by molar-refractivity contribution is -0.0498. The van der Waals surface area contributed by atoms with E-state index in [1.54, 1.807) is 18.4 Å². The third kappa shape index (κ3) is 4.69. The van der Waals surface area contributed by atoms with Gasteiger partial charge in [0.2, 0.25) is 11.0 Å². The largest absolute Gasteiger partial charge is 0.444 e. The minimum absolute atomic E-state index is 0.0575. The number of oxazole rings is 1. The van der Waals surface area contributed by atoms with Crippen LogP contribution in [0.3, 0.4) is 0 Å². The predicted molar refractivity (Wildman–Crippen MR) is 113 cm³/mol. The van der Waals surface area contributed by atoms with Gasteiger partial charge in [0.15, 0.2) is 5.82 Å². The lowest BCUT2D eigenvalue weighted by Gasteiger charge is -2.06. The molecule has 160 valence electrons. The Kier molecular flexibility index (Phi) is 5.90. The van der Waals surface area contributed by atoms with E-state index in [0.717, 1.165) is 16.8 Å². The highest BCUT2D eigenvalue weighted by molar-refractivity contribution is 7.98. The maximum absolute atomic E-state index is 12.3. The first-order valence-electron chi connectivity index (χ1n) is 9.31. The van der Waals surface area contributed by atoms with Crippen molar-refractivity contribution in [3.8, 4) is 28.6 Å². The van der Waals surface area contributed by atoms with E-state index in [1.165, 1.54) is 34.1 Å². The third-order valence-corrected chi connectivity index (χ3v) is 5.49. The molecule has 0 atom stereocenters. The SMILES string of the molecule is Cc1ccc(-c2nc(CSc3nnc(-c4ccc(OC(F)F)cc4)n3N)co2)c(C)c1. The molecule has 4 rings (SSSR count). The van der Waals surface area contributed by atoms with Crippen molar-refractivity contribution in [2.24, 2.45) is 0 Å². The fourth-order valence-corrected chi connectivity index (χ4v) is 3.78. The van der Waals surface area contributed by atoms with Gasteiger partial charge in [0, 0.05) is 16.9 Å². The highest BCUT2D eigenvalue weighted by atomic mass is 32.2. The van der Waals surface area contributed by atoms with Crippen LogP contribution in [0, 0.1) is 13.8 Å². The molecule has 2 aromatic heterocycles. The number of hydrogen-bond donors (Lipinski definition) is 1. The van der Waals surface area contributed by atoms with Crippen molar-refractivity contribution < 1.29 is 17.9 Å². The van der Waals surface area contributed by atoms with Crippen molar-refractivity contribution in [3.63, 3.8) is 0 Å². The molecule has 2 N–H and O–H groups in total. The first-order valence-corrected chi connectivity index (χ1v) is 10.3. The molecule has 4 aromatic rings. The smallest absolute Gasteiger partial charge is 0.387 e. The van der Waals surface area contributed by atoms with Gasteiger partial charge in [-0.15, -0.1) is 10.2 Å². The van der Waals surface area contributed by atoms with Gasteiger partial charge in [-0.2, -0.15) is 8.78 Å². The van der Waals surface area contributed by atoms with Crippen LogP contribution >= 0.6 is 11.8 Å². The van der Waals surface area contributed by atoms with Crippen molar-refractivity contribution in [1.82, 2.24) is 19.9 Å². The van der Waals surface area contributed by atoms with Crippen LogP contribution in [0.25, 0.3) is 22.8 Å². The zero-order valence-corrected chi connectivity index (χ0v) is 17.6. The Morgan fingerprint density at radius 3 is 2.61 bits per heavy atom. The topological polar surface area (TPSA) is 92.0 Å². The quantitative estimate of drug-likeness (QED) is 0.323. The van der Waals surface area contributed by atoms with Crippen molar-refractivity contribution in [2.45, 2.75) is 31.4 Å². The number of hydrogen-bond acceptors (Lipinski definition) is 7. The van der Waals surface area contributed by atoms with E-state index in [2.05, 4.69) is 26.0 Å². The molecule has 2 heterocycles. The van der Waals surface area contributed by atoms with Gasteiger partial charge < -0.3 is 15.0 Å². The van der Waals surface area contributed by atoms with Crippen LogP contribution in [-0.2, 0) is 5.75 Å². The molecule has 0 saturated heterocycles. The molecule has 7 nitrogen and oxygen atoms in total. The van der Waals surface area contributed by atoms with Gasteiger partial charge in [-0.25, -0.2) is 9.66 Å². The maximum atomic E-state index is 12.3. The molecular formula is C21H19F2N5O2S. The summed E-state index contributed by atoms with van der Waals surface area (Å²) in [5, 5.41) is 8.69. The molecule has 2 aromatic carbocycles. The number of aromatic nitrogens is 4. The summed E-state index contributed by atoms with van der Waals surface area (Å²) < 4.78 is 35.9. The highest BCUT2D eigenvalue weighted by Gasteiger charge is 2.15. The summed E-state index contributed by atoms with van der Waals surface area (Å²) >= 11 is 1.36. The lowest BCUT2D eigenvalue weighted by Crippen LogP contribution is -2.11. The van der Waals surface area contributed by atoms with Crippen molar-refractivity contribution in [1.29, 1.82) is 0 Å². The van der Waals surface area contributed by atoms with Gasteiger partial charge in [0.25, 0.3) is 0 Å². The molecule has 0 saturated carbocycles. The van der Waals surface area contributed by atoms with Crippen LogP contribution in [-0.4, -0.2) is 26.5 Å². The Labute approximate surface area is 181 Å². The molecule has 0 aliphatic rings. The summed E-state index contributed by atoms with van der Waals surface area (Å²) in [7, 11) is 0. The van der Waals surface area contributed by atoms with Crippen LogP contribution in [0.2, 0.25) is 0 Å². The minimum Gasteiger partial charge on any atom is -0.444 e. The second-order valence-electron chi connectivity index (χ2n) is 6.83. The number of alkyl halides is 2. The average molecular weight is 443 g/mol. The average Bonchev–Trinajstić information content (AvgIpc) is 3.33.